The zero-order chi connectivity index (χ0) is 29.3. The Hall–Kier alpha value is -4.16. The lowest BCUT2D eigenvalue weighted by atomic mass is 10.1. The molecule has 1 fully saturated rings. The molecule has 0 saturated carbocycles. The Morgan fingerprint density at radius 1 is 1.02 bits per heavy atom. The van der Waals surface area contributed by atoms with E-state index in [0.717, 1.165) is 50.6 Å². The largest absolute Gasteiger partial charge is 0.462 e. The van der Waals surface area contributed by atoms with E-state index in [2.05, 4.69) is 35.5 Å². The number of esters is 1. The molecule has 5 rings (SSSR count). The molecule has 1 aliphatic rings. The van der Waals surface area contributed by atoms with Gasteiger partial charge in [-0.3, -0.25) is 14.7 Å². The van der Waals surface area contributed by atoms with Crippen LogP contribution in [-0.4, -0.2) is 76.2 Å². The lowest BCUT2D eigenvalue weighted by Gasteiger charge is -2.26. The highest BCUT2D eigenvalue weighted by Crippen LogP contribution is 2.32. The molecule has 3 aromatic heterocycles. The van der Waals surface area contributed by atoms with Gasteiger partial charge in [0.05, 0.1) is 42.3 Å². The van der Waals surface area contributed by atoms with Crippen LogP contribution in [0.4, 0.5) is 17.3 Å². The molecular weight excluding hydrogens is 581 g/mol. The van der Waals surface area contributed by atoms with Crippen molar-refractivity contribution in [1.29, 1.82) is 0 Å². The van der Waals surface area contributed by atoms with Crippen molar-refractivity contribution in [3.05, 3.63) is 77.3 Å². The van der Waals surface area contributed by atoms with Crippen LogP contribution in [0.2, 0.25) is 10.0 Å². The summed E-state index contributed by atoms with van der Waals surface area (Å²) in [5.74, 6) is -0.377. The van der Waals surface area contributed by atoms with Crippen LogP contribution >= 0.6 is 23.2 Å². The normalized spacial score (nSPS) is 13.8. The van der Waals surface area contributed by atoms with Crippen LogP contribution in [0, 0.1) is 0 Å². The molecule has 0 unspecified atom stereocenters. The second kappa shape index (κ2) is 14.1. The number of amides is 1. The molecule has 42 heavy (non-hydrogen) atoms. The summed E-state index contributed by atoms with van der Waals surface area (Å²) in [4.78, 5) is 43.9. The molecule has 0 aliphatic carbocycles. The Kier molecular flexibility index (Phi) is 9.88. The van der Waals surface area contributed by atoms with Gasteiger partial charge in [0, 0.05) is 59.6 Å². The number of carbonyl (C=O) groups excluding carboxylic acids is 2. The van der Waals surface area contributed by atoms with Crippen LogP contribution in [0.5, 0.6) is 0 Å². The number of benzene rings is 1. The molecule has 1 aliphatic heterocycles. The van der Waals surface area contributed by atoms with E-state index in [1.807, 2.05) is 12.1 Å². The minimum Gasteiger partial charge on any atom is -0.462 e. The highest BCUT2D eigenvalue weighted by Gasteiger charge is 2.12. The second-order valence-corrected chi connectivity index (χ2v) is 10.1. The number of pyridine rings is 2. The van der Waals surface area contributed by atoms with Gasteiger partial charge in [-0.2, -0.15) is 0 Å². The summed E-state index contributed by atoms with van der Waals surface area (Å²) in [7, 11) is 0. The van der Waals surface area contributed by atoms with Gasteiger partial charge in [0.2, 0.25) is 5.91 Å². The number of anilines is 3. The number of morpholine rings is 1. The van der Waals surface area contributed by atoms with E-state index in [4.69, 9.17) is 32.7 Å². The molecule has 0 bridgehead atoms. The van der Waals surface area contributed by atoms with E-state index in [9.17, 15) is 9.59 Å². The number of carbonyl (C=O) groups is 2. The second-order valence-electron chi connectivity index (χ2n) is 9.29. The molecule has 0 spiro atoms. The van der Waals surface area contributed by atoms with Gasteiger partial charge >= 0.3 is 5.97 Å². The van der Waals surface area contributed by atoms with Crippen LogP contribution in [0.25, 0.3) is 22.2 Å². The highest BCUT2D eigenvalue weighted by molar-refractivity contribution is 6.34. The van der Waals surface area contributed by atoms with Crippen molar-refractivity contribution >= 4 is 63.3 Å². The molecule has 0 radical (unpaired) electrons. The number of nitrogens with zero attached hydrogens (tertiary/aromatic N) is 5. The molecule has 11 nitrogen and oxygen atoms in total. The molecule has 1 saturated heterocycles. The van der Waals surface area contributed by atoms with Crippen molar-refractivity contribution in [3.8, 4) is 11.3 Å². The van der Waals surface area contributed by atoms with Crippen molar-refractivity contribution in [2.75, 3.05) is 50.1 Å². The van der Waals surface area contributed by atoms with E-state index in [1.165, 1.54) is 12.5 Å². The summed E-state index contributed by atoms with van der Waals surface area (Å²) < 4.78 is 10.5. The quantitative estimate of drug-likeness (QED) is 0.146. The fraction of sp³-hybridized carbons (Fsp3) is 0.241. The Balaban J connectivity index is 1.19. The molecule has 216 valence electrons. The SMILES string of the molecule is O=C(C=CC(=O)OCCCN1CCOCC1)Nc1cc2c(Nc3ccc(-c4cc(Cl)ccn4)c(Cl)c3)ncnc2cn1. The molecule has 2 N–H and O–H groups in total. The smallest absolute Gasteiger partial charge is 0.330 e. The summed E-state index contributed by atoms with van der Waals surface area (Å²) in [6.07, 6.45) is 7.45. The van der Waals surface area contributed by atoms with Gasteiger partial charge in [0.15, 0.2) is 0 Å². The van der Waals surface area contributed by atoms with Crippen LogP contribution in [-0.2, 0) is 19.1 Å². The lowest BCUT2D eigenvalue weighted by Crippen LogP contribution is -2.37. The number of hydrogen-bond acceptors (Lipinski definition) is 10. The van der Waals surface area contributed by atoms with Crippen molar-refractivity contribution in [3.63, 3.8) is 0 Å². The van der Waals surface area contributed by atoms with E-state index in [1.54, 1.807) is 30.5 Å². The van der Waals surface area contributed by atoms with E-state index >= 15 is 0 Å². The van der Waals surface area contributed by atoms with Crippen LogP contribution < -0.4 is 10.6 Å². The maximum atomic E-state index is 12.4. The van der Waals surface area contributed by atoms with Gasteiger partial charge in [0.25, 0.3) is 0 Å². The average Bonchev–Trinajstić information content (AvgIpc) is 2.99. The minimum atomic E-state index is -0.589. The molecule has 1 aromatic carbocycles. The predicted molar refractivity (Wildman–Crippen MR) is 161 cm³/mol. The topological polar surface area (TPSA) is 131 Å². The summed E-state index contributed by atoms with van der Waals surface area (Å²) in [5.41, 5.74) is 2.63. The Morgan fingerprint density at radius 2 is 1.88 bits per heavy atom. The Morgan fingerprint density at radius 3 is 2.69 bits per heavy atom. The highest BCUT2D eigenvalue weighted by atomic mass is 35.5. The van der Waals surface area contributed by atoms with Gasteiger partial charge < -0.3 is 20.1 Å². The molecule has 4 heterocycles. The van der Waals surface area contributed by atoms with Gasteiger partial charge in [0.1, 0.15) is 18.0 Å². The van der Waals surface area contributed by atoms with Crippen molar-refractivity contribution in [2.45, 2.75) is 6.42 Å². The summed E-state index contributed by atoms with van der Waals surface area (Å²) in [6, 6.07) is 10.5. The van der Waals surface area contributed by atoms with Gasteiger partial charge in [-0.15, -0.1) is 0 Å². The minimum absolute atomic E-state index is 0.259. The predicted octanol–water partition coefficient (Wildman–Crippen LogP) is 4.90. The fourth-order valence-electron chi connectivity index (χ4n) is 4.26. The van der Waals surface area contributed by atoms with Crippen molar-refractivity contribution in [1.82, 2.24) is 24.8 Å². The van der Waals surface area contributed by atoms with Gasteiger partial charge in [-0.1, -0.05) is 23.2 Å². The third-order valence-electron chi connectivity index (χ3n) is 6.34. The standard InChI is InChI=1S/C29H27Cl2N7O4/c30-19-6-7-32-24(14-19)21-3-2-20(15-23(21)31)36-29-22-16-26(33-17-25(22)34-18-35-29)37-27(39)4-5-28(40)42-11-1-8-38-9-12-41-13-10-38/h2-7,14-18H,1,8-13H2,(H,33,37,39)(H,34,35,36). The molecular formula is C29H27Cl2N7O4. The van der Waals surface area contributed by atoms with Gasteiger partial charge in [-0.25, -0.2) is 19.7 Å². The van der Waals surface area contributed by atoms with Crippen molar-refractivity contribution < 1.29 is 19.1 Å². The number of nitrogens with one attached hydrogen (secondary N) is 2. The number of fused-ring (bicyclic) bond motifs is 1. The van der Waals surface area contributed by atoms with Gasteiger partial charge in [-0.05, 0) is 42.8 Å². The first kappa shape index (κ1) is 29.3. The Labute approximate surface area is 251 Å². The van der Waals surface area contributed by atoms with Crippen LogP contribution in [0.1, 0.15) is 6.42 Å². The zero-order valence-electron chi connectivity index (χ0n) is 22.4. The molecule has 0 atom stereocenters. The molecule has 1 amide bonds. The summed E-state index contributed by atoms with van der Waals surface area (Å²) >= 11 is 12.6. The molecule has 4 aromatic rings. The number of rotatable bonds is 10. The number of ether oxygens (including phenoxy) is 2. The third-order valence-corrected chi connectivity index (χ3v) is 6.89. The maximum absolute atomic E-state index is 12.4. The fourth-order valence-corrected chi connectivity index (χ4v) is 4.70. The first-order chi connectivity index (χ1) is 20.4. The monoisotopic (exact) mass is 607 g/mol. The Bertz CT molecular complexity index is 1610. The third kappa shape index (κ3) is 7.98. The maximum Gasteiger partial charge on any atom is 0.330 e. The van der Waals surface area contributed by atoms with E-state index in [0.29, 0.717) is 44.6 Å². The first-order valence-electron chi connectivity index (χ1n) is 13.2. The van der Waals surface area contributed by atoms with Crippen LogP contribution in [0.15, 0.2) is 67.3 Å². The lowest BCUT2D eigenvalue weighted by molar-refractivity contribution is -0.138. The average molecular weight is 608 g/mol. The summed E-state index contributed by atoms with van der Waals surface area (Å²) in [5, 5.41) is 7.54. The zero-order valence-corrected chi connectivity index (χ0v) is 23.9. The van der Waals surface area contributed by atoms with Crippen LogP contribution in [0.3, 0.4) is 0 Å². The number of halogens is 2. The first-order valence-corrected chi connectivity index (χ1v) is 14.0. The number of hydrogen-bond donors (Lipinski definition) is 2. The van der Waals surface area contributed by atoms with Crippen molar-refractivity contribution in [2.24, 2.45) is 0 Å². The van der Waals surface area contributed by atoms with E-state index < -0.39 is 11.9 Å². The summed E-state index contributed by atoms with van der Waals surface area (Å²) in [6.45, 7) is 4.31. The van der Waals surface area contributed by atoms with E-state index in [-0.39, 0.29) is 12.4 Å². The molecule has 13 heteroatoms. The number of aromatic nitrogens is 4.